The van der Waals surface area contributed by atoms with Crippen LogP contribution >= 0.6 is 0 Å². The Bertz CT molecular complexity index is 361. The van der Waals surface area contributed by atoms with Crippen molar-refractivity contribution in [2.75, 3.05) is 0 Å². The van der Waals surface area contributed by atoms with Crippen LogP contribution in [-0.4, -0.2) is 35.8 Å². The van der Waals surface area contributed by atoms with E-state index >= 15 is 0 Å². The average molecular weight is 246 g/mol. The van der Waals surface area contributed by atoms with Gasteiger partial charge in [0.2, 0.25) is 0 Å². The number of carboxylic acid groups (broad SMARTS) is 2. The quantitative estimate of drug-likeness (QED) is 0.173. The van der Waals surface area contributed by atoms with Gasteiger partial charge in [0, 0.05) is 0 Å². The molecule has 0 amide bonds. The van der Waals surface area contributed by atoms with E-state index in [2.05, 4.69) is 9.47 Å². The maximum atomic E-state index is 10.4. The number of carbonyl (C=O) groups excluding carboxylic acids is 6. The monoisotopic (exact) mass is 246 g/mol. The molecular weight excluding hydrogens is 246 g/mol. The van der Waals surface area contributed by atoms with E-state index in [9.17, 15) is 39.0 Å². The summed E-state index contributed by atoms with van der Waals surface area (Å²) in [6.45, 7) is 0. The van der Waals surface area contributed by atoms with Gasteiger partial charge in [0.05, 0.1) is 0 Å². The number of carbonyl (C=O) groups is 6. The Hall–Kier alpha value is -1.59. The molecular formula is C6Li2O10. The molecule has 18 heavy (non-hydrogen) atoms. The number of carboxylic acids is 2. The molecule has 0 N–H and O–H groups in total. The zero-order valence-electron chi connectivity index (χ0n) is 9.08. The second-order valence-corrected chi connectivity index (χ2v) is 1.93. The van der Waals surface area contributed by atoms with E-state index < -0.39 is 35.8 Å². The van der Waals surface area contributed by atoms with E-state index in [-0.39, 0.29) is 37.7 Å². The second kappa shape index (κ2) is 9.45. The molecule has 0 aliphatic heterocycles. The largest absolute Gasteiger partial charge is 1.00 e. The van der Waals surface area contributed by atoms with Gasteiger partial charge in [0.25, 0.3) is 0 Å². The molecule has 0 radical (unpaired) electrons. The van der Waals surface area contributed by atoms with Gasteiger partial charge < -0.3 is 29.3 Å². The van der Waals surface area contributed by atoms with Gasteiger partial charge >= 0.3 is 61.6 Å². The molecule has 0 aliphatic rings. The Morgan fingerprint density at radius 2 is 0.778 bits per heavy atom. The Kier molecular flexibility index (Phi) is 11.4. The van der Waals surface area contributed by atoms with Crippen LogP contribution in [0.15, 0.2) is 0 Å². The second-order valence-electron chi connectivity index (χ2n) is 1.93. The SMILES string of the molecule is O=C([O-])C(=O)OC(=O)C(=O)OC(=O)C(=O)[O-].[Li+].[Li+]. The fourth-order valence-electron chi connectivity index (χ4n) is 0.335. The van der Waals surface area contributed by atoms with Crippen molar-refractivity contribution < 1.29 is 86.2 Å². The smallest absolute Gasteiger partial charge is 0.539 e. The molecule has 0 aromatic rings. The van der Waals surface area contributed by atoms with E-state index in [1.54, 1.807) is 0 Å². The molecule has 0 heterocycles. The van der Waals surface area contributed by atoms with Crippen molar-refractivity contribution in [2.24, 2.45) is 0 Å². The maximum Gasteiger partial charge on any atom is 1.00 e. The molecule has 0 saturated carbocycles. The number of aliphatic carboxylic acids is 2. The van der Waals surface area contributed by atoms with Crippen LogP contribution in [0.25, 0.3) is 0 Å². The summed E-state index contributed by atoms with van der Waals surface area (Å²) in [6, 6.07) is 0. The normalized spacial score (nSPS) is 7.78. The van der Waals surface area contributed by atoms with Crippen molar-refractivity contribution in [1.29, 1.82) is 0 Å². The van der Waals surface area contributed by atoms with Crippen LogP contribution in [0.5, 0.6) is 0 Å². The van der Waals surface area contributed by atoms with Crippen LogP contribution in [0.3, 0.4) is 0 Å². The summed E-state index contributed by atoms with van der Waals surface area (Å²) >= 11 is 0. The standard InChI is InChI=1S/C6H2O10.2Li/c7-1(8)3(11)15-5(13)6(14)16-4(12)2(9)10;;/h(H,7,8)(H,9,10);;/q;2*+1/p-2. The van der Waals surface area contributed by atoms with Crippen LogP contribution in [0.1, 0.15) is 0 Å². The molecule has 0 unspecified atom stereocenters. The summed E-state index contributed by atoms with van der Waals surface area (Å²) in [5.74, 6) is -13.6. The molecule has 0 bridgehead atoms. The Labute approximate surface area is 122 Å². The summed E-state index contributed by atoms with van der Waals surface area (Å²) in [5, 5.41) is 19.5. The number of esters is 4. The van der Waals surface area contributed by atoms with Gasteiger partial charge in [-0.3, -0.25) is 0 Å². The minimum Gasteiger partial charge on any atom is -0.539 e. The zero-order chi connectivity index (χ0) is 12.9. The van der Waals surface area contributed by atoms with Gasteiger partial charge in [-0.25, -0.2) is 19.2 Å². The van der Waals surface area contributed by atoms with Crippen LogP contribution in [-0.2, 0) is 38.2 Å². The molecule has 0 aromatic carbocycles. The first kappa shape index (κ1) is 21.7. The van der Waals surface area contributed by atoms with E-state index in [0.717, 1.165) is 0 Å². The molecule has 0 saturated heterocycles. The van der Waals surface area contributed by atoms with E-state index in [0.29, 0.717) is 0 Å². The van der Waals surface area contributed by atoms with Crippen molar-refractivity contribution in [3.05, 3.63) is 0 Å². The summed E-state index contributed by atoms with van der Waals surface area (Å²) in [6.07, 6.45) is 0. The fraction of sp³-hybridized carbons (Fsp3) is 0. The van der Waals surface area contributed by atoms with Crippen molar-refractivity contribution in [1.82, 2.24) is 0 Å². The maximum absolute atomic E-state index is 10.4. The predicted molar refractivity (Wildman–Crippen MR) is 32.2 cm³/mol. The third-order valence-corrected chi connectivity index (χ3v) is 0.871. The van der Waals surface area contributed by atoms with Crippen LogP contribution in [0.4, 0.5) is 0 Å². The number of hydrogen-bond acceptors (Lipinski definition) is 10. The zero-order valence-corrected chi connectivity index (χ0v) is 9.08. The van der Waals surface area contributed by atoms with Crippen molar-refractivity contribution in [2.45, 2.75) is 0 Å². The molecule has 0 aliphatic carbocycles. The van der Waals surface area contributed by atoms with Crippen LogP contribution in [0.2, 0.25) is 0 Å². The van der Waals surface area contributed by atoms with Crippen LogP contribution in [0, 0.1) is 0 Å². The van der Waals surface area contributed by atoms with Gasteiger partial charge in [0.1, 0.15) is 0 Å². The number of hydrogen-bond donors (Lipinski definition) is 0. The summed E-state index contributed by atoms with van der Waals surface area (Å²) in [7, 11) is 0. The van der Waals surface area contributed by atoms with Gasteiger partial charge in [-0.05, 0) is 0 Å². The van der Waals surface area contributed by atoms with E-state index in [1.807, 2.05) is 0 Å². The van der Waals surface area contributed by atoms with E-state index in [1.165, 1.54) is 0 Å². The average Bonchev–Trinajstić information content (AvgIpc) is 2.16. The molecule has 0 fully saturated rings. The predicted octanol–water partition coefficient (Wildman–Crippen LogP) is -11.4. The Morgan fingerprint density at radius 1 is 0.556 bits per heavy atom. The minimum atomic E-state index is -2.42. The summed E-state index contributed by atoms with van der Waals surface area (Å²) < 4.78 is 6.55. The van der Waals surface area contributed by atoms with Gasteiger partial charge in [-0.2, -0.15) is 0 Å². The molecule has 0 atom stereocenters. The van der Waals surface area contributed by atoms with Gasteiger partial charge in [-0.15, -0.1) is 0 Å². The Morgan fingerprint density at radius 3 is 0.944 bits per heavy atom. The molecule has 0 rings (SSSR count). The van der Waals surface area contributed by atoms with Crippen molar-refractivity contribution >= 4 is 35.8 Å². The molecule has 0 aromatic heterocycles. The molecule has 0 spiro atoms. The minimum absolute atomic E-state index is 0. The first-order chi connectivity index (χ1) is 7.25. The third-order valence-electron chi connectivity index (χ3n) is 0.871. The van der Waals surface area contributed by atoms with Crippen molar-refractivity contribution in [3.63, 3.8) is 0 Å². The van der Waals surface area contributed by atoms with Crippen molar-refractivity contribution in [3.8, 4) is 0 Å². The van der Waals surface area contributed by atoms with Gasteiger partial charge in [0.15, 0.2) is 11.9 Å². The third kappa shape index (κ3) is 7.65. The van der Waals surface area contributed by atoms with Gasteiger partial charge in [-0.1, -0.05) is 0 Å². The molecule has 12 heteroatoms. The summed E-state index contributed by atoms with van der Waals surface area (Å²) in [4.78, 5) is 60.6. The summed E-state index contributed by atoms with van der Waals surface area (Å²) in [5.41, 5.74) is 0. The number of ether oxygens (including phenoxy) is 2. The molecule has 10 nitrogen and oxygen atoms in total. The number of rotatable bonds is 0. The topological polar surface area (TPSA) is 167 Å². The molecule has 86 valence electrons. The first-order valence-electron chi connectivity index (χ1n) is 3.20. The fourth-order valence-corrected chi connectivity index (χ4v) is 0.335. The van der Waals surface area contributed by atoms with Crippen LogP contribution < -0.4 is 47.9 Å². The Balaban J connectivity index is -0.00000112. The first-order valence-corrected chi connectivity index (χ1v) is 3.20. The van der Waals surface area contributed by atoms with E-state index in [4.69, 9.17) is 0 Å².